The molecule has 0 atom stereocenters. The lowest BCUT2D eigenvalue weighted by molar-refractivity contribution is 0.0943. The fourth-order valence-corrected chi connectivity index (χ4v) is 2.51. The highest BCUT2D eigenvalue weighted by Gasteiger charge is 2.40. The number of carbonyl (C=O) groups excluding carboxylic acids is 1. The van der Waals surface area contributed by atoms with E-state index < -0.39 is 0 Å². The molecule has 0 aliphatic heterocycles. The van der Waals surface area contributed by atoms with E-state index in [0.717, 1.165) is 22.3 Å². The van der Waals surface area contributed by atoms with Crippen molar-refractivity contribution in [3.8, 4) is 0 Å². The van der Waals surface area contributed by atoms with Crippen LogP contribution in [0.5, 0.6) is 0 Å². The number of nitrogens with one attached hydrogen (secondary N) is 1. The standard InChI is InChI=1S/C13H16BrNOS/c1-2-13(5-6-13)8-15-12(16)10-7-9(17)3-4-11(10)14/h3-4,7,17H,2,5-6,8H2,1H3,(H,15,16). The molecule has 2 rings (SSSR count). The van der Waals surface area contributed by atoms with Crippen LogP contribution in [-0.2, 0) is 0 Å². The lowest BCUT2D eigenvalue weighted by atomic mass is 10.0. The monoisotopic (exact) mass is 313 g/mol. The third-order valence-electron chi connectivity index (χ3n) is 3.53. The molecule has 1 amide bonds. The van der Waals surface area contributed by atoms with E-state index >= 15 is 0 Å². The van der Waals surface area contributed by atoms with Gasteiger partial charge < -0.3 is 5.32 Å². The maximum atomic E-state index is 12.0. The van der Waals surface area contributed by atoms with Crippen molar-refractivity contribution >= 4 is 34.5 Å². The molecule has 1 aromatic carbocycles. The van der Waals surface area contributed by atoms with Gasteiger partial charge in [0.1, 0.15) is 0 Å². The molecule has 1 aromatic rings. The van der Waals surface area contributed by atoms with E-state index in [1.807, 2.05) is 12.1 Å². The van der Waals surface area contributed by atoms with Gasteiger partial charge in [0, 0.05) is 15.9 Å². The predicted octanol–water partition coefficient (Wildman–Crippen LogP) is 3.66. The quantitative estimate of drug-likeness (QED) is 0.816. The van der Waals surface area contributed by atoms with E-state index in [1.54, 1.807) is 6.07 Å². The first-order chi connectivity index (χ1) is 8.06. The molecule has 0 saturated heterocycles. The van der Waals surface area contributed by atoms with Crippen LogP contribution in [0.15, 0.2) is 27.6 Å². The molecule has 1 fully saturated rings. The molecule has 2 nitrogen and oxygen atoms in total. The van der Waals surface area contributed by atoms with Crippen molar-refractivity contribution in [3.63, 3.8) is 0 Å². The number of hydrogen-bond acceptors (Lipinski definition) is 2. The van der Waals surface area contributed by atoms with Gasteiger partial charge in [-0.3, -0.25) is 4.79 Å². The van der Waals surface area contributed by atoms with E-state index in [9.17, 15) is 4.79 Å². The third-order valence-corrected chi connectivity index (χ3v) is 4.50. The molecule has 0 heterocycles. The zero-order valence-electron chi connectivity index (χ0n) is 9.79. The van der Waals surface area contributed by atoms with Crippen molar-refractivity contribution in [2.75, 3.05) is 6.54 Å². The van der Waals surface area contributed by atoms with Crippen LogP contribution >= 0.6 is 28.6 Å². The SMILES string of the molecule is CCC1(CNC(=O)c2cc(S)ccc2Br)CC1. The van der Waals surface area contributed by atoms with E-state index in [2.05, 4.69) is 40.8 Å². The van der Waals surface area contributed by atoms with Crippen LogP contribution in [0.1, 0.15) is 36.5 Å². The fourth-order valence-electron chi connectivity index (χ4n) is 1.88. The van der Waals surface area contributed by atoms with Gasteiger partial charge in [-0.05, 0) is 58.8 Å². The predicted molar refractivity (Wildman–Crippen MR) is 75.7 cm³/mol. The second kappa shape index (κ2) is 5.02. The minimum absolute atomic E-state index is 0.0208. The maximum Gasteiger partial charge on any atom is 0.252 e. The molecule has 4 heteroatoms. The molecule has 1 aliphatic rings. The summed E-state index contributed by atoms with van der Waals surface area (Å²) in [5.74, 6) is -0.0208. The Morgan fingerprint density at radius 2 is 2.24 bits per heavy atom. The summed E-state index contributed by atoms with van der Waals surface area (Å²) in [5, 5.41) is 3.02. The van der Waals surface area contributed by atoms with Crippen LogP contribution < -0.4 is 5.32 Å². The second-order valence-corrected chi connectivity index (χ2v) is 6.07. The summed E-state index contributed by atoms with van der Waals surface area (Å²) in [4.78, 5) is 12.8. The minimum Gasteiger partial charge on any atom is -0.351 e. The summed E-state index contributed by atoms with van der Waals surface area (Å²) in [6.45, 7) is 2.97. The highest BCUT2D eigenvalue weighted by atomic mass is 79.9. The highest BCUT2D eigenvalue weighted by Crippen LogP contribution is 2.47. The Kier molecular flexibility index (Phi) is 3.83. The van der Waals surface area contributed by atoms with Gasteiger partial charge in [0.05, 0.1) is 5.56 Å². The summed E-state index contributed by atoms with van der Waals surface area (Å²) in [5.41, 5.74) is 1.03. The molecule has 0 unspecified atom stereocenters. The van der Waals surface area contributed by atoms with Crippen molar-refractivity contribution in [2.24, 2.45) is 5.41 Å². The first kappa shape index (κ1) is 13.0. The molecular formula is C13H16BrNOS. The molecule has 17 heavy (non-hydrogen) atoms. The van der Waals surface area contributed by atoms with E-state index in [-0.39, 0.29) is 5.91 Å². The Hall–Kier alpha value is -0.480. The fraction of sp³-hybridized carbons (Fsp3) is 0.462. The van der Waals surface area contributed by atoms with Gasteiger partial charge >= 0.3 is 0 Å². The van der Waals surface area contributed by atoms with Crippen molar-refractivity contribution in [2.45, 2.75) is 31.1 Å². The number of rotatable bonds is 4. The van der Waals surface area contributed by atoms with Crippen molar-refractivity contribution in [3.05, 3.63) is 28.2 Å². The number of benzene rings is 1. The van der Waals surface area contributed by atoms with E-state index in [0.29, 0.717) is 11.0 Å². The van der Waals surface area contributed by atoms with Crippen molar-refractivity contribution in [1.29, 1.82) is 0 Å². The topological polar surface area (TPSA) is 29.1 Å². The van der Waals surface area contributed by atoms with Crippen LogP contribution in [0.4, 0.5) is 0 Å². The highest BCUT2D eigenvalue weighted by molar-refractivity contribution is 9.10. The van der Waals surface area contributed by atoms with Gasteiger partial charge in [-0.1, -0.05) is 6.92 Å². The number of halogens is 1. The number of thiol groups is 1. The lowest BCUT2D eigenvalue weighted by Gasteiger charge is -2.14. The molecule has 92 valence electrons. The maximum absolute atomic E-state index is 12.0. The van der Waals surface area contributed by atoms with Gasteiger partial charge in [-0.2, -0.15) is 0 Å². The van der Waals surface area contributed by atoms with Crippen molar-refractivity contribution < 1.29 is 4.79 Å². The van der Waals surface area contributed by atoms with Crippen LogP contribution in [0, 0.1) is 5.41 Å². The van der Waals surface area contributed by atoms with Crippen LogP contribution in [0.3, 0.4) is 0 Å². The second-order valence-electron chi connectivity index (χ2n) is 4.70. The molecule has 1 aliphatic carbocycles. The summed E-state index contributed by atoms with van der Waals surface area (Å²) in [6.07, 6.45) is 3.61. The van der Waals surface area contributed by atoms with Gasteiger partial charge in [0.15, 0.2) is 0 Å². The minimum atomic E-state index is -0.0208. The third kappa shape index (κ3) is 3.05. The first-order valence-corrected chi connectivity index (χ1v) is 7.07. The molecule has 0 spiro atoms. The van der Waals surface area contributed by atoms with Crippen LogP contribution in [0.25, 0.3) is 0 Å². The Bertz CT molecular complexity index is 443. The summed E-state index contributed by atoms with van der Waals surface area (Å²) in [6, 6.07) is 5.50. The van der Waals surface area contributed by atoms with Crippen LogP contribution in [-0.4, -0.2) is 12.5 Å². The van der Waals surface area contributed by atoms with E-state index in [1.165, 1.54) is 12.8 Å². The molecule has 1 saturated carbocycles. The summed E-state index contributed by atoms with van der Waals surface area (Å²) < 4.78 is 0.814. The molecule has 0 aromatic heterocycles. The Labute approximate surface area is 116 Å². The van der Waals surface area contributed by atoms with Gasteiger partial charge in [-0.15, -0.1) is 12.6 Å². The first-order valence-electron chi connectivity index (χ1n) is 5.83. The smallest absolute Gasteiger partial charge is 0.252 e. The normalized spacial score (nSPS) is 16.6. The Morgan fingerprint density at radius 1 is 1.53 bits per heavy atom. The zero-order chi connectivity index (χ0) is 12.5. The van der Waals surface area contributed by atoms with Crippen LogP contribution in [0.2, 0.25) is 0 Å². The van der Waals surface area contributed by atoms with Gasteiger partial charge in [0.2, 0.25) is 0 Å². The number of carbonyl (C=O) groups is 1. The Balaban J connectivity index is 2.02. The number of hydrogen-bond donors (Lipinski definition) is 2. The van der Waals surface area contributed by atoms with Crippen molar-refractivity contribution in [1.82, 2.24) is 5.32 Å². The number of amides is 1. The lowest BCUT2D eigenvalue weighted by Crippen LogP contribution is -2.30. The average molecular weight is 314 g/mol. The molecular weight excluding hydrogens is 298 g/mol. The zero-order valence-corrected chi connectivity index (χ0v) is 12.3. The molecule has 1 N–H and O–H groups in total. The Morgan fingerprint density at radius 3 is 2.82 bits per heavy atom. The largest absolute Gasteiger partial charge is 0.351 e. The van der Waals surface area contributed by atoms with E-state index in [4.69, 9.17) is 0 Å². The summed E-state index contributed by atoms with van der Waals surface area (Å²) in [7, 11) is 0. The molecule has 0 bridgehead atoms. The summed E-state index contributed by atoms with van der Waals surface area (Å²) >= 11 is 7.64. The molecule has 0 radical (unpaired) electrons. The van der Waals surface area contributed by atoms with Gasteiger partial charge in [0.25, 0.3) is 5.91 Å². The average Bonchev–Trinajstić information content (AvgIpc) is 3.10. The van der Waals surface area contributed by atoms with Gasteiger partial charge in [-0.25, -0.2) is 0 Å².